The van der Waals surface area contributed by atoms with Crippen LogP contribution >= 0.6 is 15.9 Å². The maximum Gasteiger partial charge on any atom is 0.160 e. The highest BCUT2D eigenvalue weighted by atomic mass is 79.9. The Morgan fingerprint density at radius 3 is 2.74 bits per heavy atom. The van der Waals surface area contributed by atoms with Crippen LogP contribution in [0.25, 0.3) is 0 Å². The largest absolute Gasteiger partial charge is 0.504 e. The van der Waals surface area contributed by atoms with Crippen LogP contribution in [0.4, 0.5) is 10.1 Å². The first kappa shape index (κ1) is 13.7. The number of hydrogen-bond acceptors (Lipinski definition) is 3. The Morgan fingerprint density at radius 2 is 2.05 bits per heavy atom. The van der Waals surface area contributed by atoms with Gasteiger partial charge in [0.2, 0.25) is 0 Å². The number of halogens is 2. The average molecular weight is 326 g/mol. The molecule has 0 fully saturated rings. The van der Waals surface area contributed by atoms with E-state index in [9.17, 15) is 9.50 Å². The van der Waals surface area contributed by atoms with Gasteiger partial charge < -0.3 is 15.2 Å². The lowest BCUT2D eigenvalue weighted by molar-refractivity contribution is 0.373. The molecule has 0 aliphatic carbocycles. The number of phenolic OH excluding ortho intramolecular Hbond substituents is 1. The van der Waals surface area contributed by atoms with Crippen molar-refractivity contribution in [2.75, 3.05) is 12.4 Å². The number of methoxy groups -OCH3 is 1. The lowest BCUT2D eigenvalue weighted by atomic mass is 10.2. The van der Waals surface area contributed by atoms with Gasteiger partial charge in [-0.05, 0) is 30.3 Å². The van der Waals surface area contributed by atoms with E-state index in [1.807, 2.05) is 0 Å². The summed E-state index contributed by atoms with van der Waals surface area (Å²) in [5.74, 6) is 0.176. The van der Waals surface area contributed by atoms with Crippen molar-refractivity contribution >= 4 is 21.6 Å². The van der Waals surface area contributed by atoms with E-state index in [2.05, 4.69) is 21.2 Å². The summed E-state index contributed by atoms with van der Waals surface area (Å²) in [6.45, 7) is 0.330. The summed E-state index contributed by atoms with van der Waals surface area (Å²) >= 11 is 3.30. The molecule has 0 aliphatic heterocycles. The minimum absolute atomic E-state index is 0.0437. The molecule has 5 heteroatoms. The maximum atomic E-state index is 13.5. The van der Waals surface area contributed by atoms with Gasteiger partial charge >= 0.3 is 0 Å². The molecule has 0 unspecified atom stereocenters. The molecule has 2 rings (SSSR count). The summed E-state index contributed by atoms with van der Waals surface area (Å²) in [4.78, 5) is 0. The van der Waals surface area contributed by atoms with Gasteiger partial charge in [-0.2, -0.15) is 0 Å². The SMILES string of the molecule is COc1ccc(NCc2cc(Br)ccc2F)cc1O. The number of benzene rings is 2. The van der Waals surface area contributed by atoms with E-state index in [-0.39, 0.29) is 11.6 Å². The average Bonchev–Trinajstić information content (AvgIpc) is 2.40. The van der Waals surface area contributed by atoms with Gasteiger partial charge in [-0.15, -0.1) is 0 Å². The molecule has 2 aromatic rings. The van der Waals surface area contributed by atoms with Crippen LogP contribution in [0.3, 0.4) is 0 Å². The molecule has 0 amide bonds. The van der Waals surface area contributed by atoms with Crippen molar-refractivity contribution in [3.05, 3.63) is 52.3 Å². The van der Waals surface area contributed by atoms with Gasteiger partial charge in [0.15, 0.2) is 11.5 Å². The number of anilines is 1. The zero-order chi connectivity index (χ0) is 13.8. The highest BCUT2D eigenvalue weighted by Crippen LogP contribution is 2.28. The fourth-order valence-electron chi connectivity index (χ4n) is 1.68. The summed E-state index contributed by atoms with van der Waals surface area (Å²) in [6, 6.07) is 9.72. The highest BCUT2D eigenvalue weighted by Gasteiger charge is 2.05. The Labute approximate surface area is 119 Å². The van der Waals surface area contributed by atoms with Crippen molar-refractivity contribution in [3.63, 3.8) is 0 Å². The first-order valence-corrected chi connectivity index (χ1v) is 6.44. The molecule has 100 valence electrons. The predicted octanol–water partition coefficient (Wildman–Crippen LogP) is 3.91. The van der Waals surface area contributed by atoms with Crippen molar-refractivity contribution in [2.45, 2.75) is 6.54 Å². The van der Waals surface area contributed by atoms with E-state index in [0.717, 1.165) is 4.47 Å². The summed E-state index contributed by atoms with van der Waals surface area (Å²) in [5.41, 5.74) is 1.24. The normalized spacial score (nSPS) is 10.3. The molecule has 0 saturated heterocycles. The first-order chi connectivity index (χ1) is 9.10. The second-order valence-corrected chi connectivity index (χ2v) is 4.89. The van der Waals surface area contributed by atoms with E-state index in [1.54, 1.807) is 24.3 Å². The smallest absolute Gasteiger partial charge is 0.160 e. The molecule has 0 heterocycles. The van der Waals surface area contributed by atoms with Crippen molar-refractivity contribution in [1.82, 2.24) is 0 Å². The zero-order valence-corrected chi connectivity index (χ0v) is 11.9. The van der Waals surface area contributed by atoms with Crippen LogP contribution in [0.2, 0.25) is 0 Å². The molecule has 19 heavy (non-hydrogen) atoms. The van der Waals surface area contributed by atoms with Crippen LogP contribution in [0, 0.1) is 5.82 Å². The van der Waals surface area contributed by atoms with E-state index < -0.39 is 0 Å². The monoisotopic (exact) mass is 325 g/mol. The van der Waals surface area contributed by atoms with Crippen molar-refractivity contribution in [3.8, 4) is 11.5 Å². The molecule has 0 atom stereocenters. The van der Waals surface area contributed by atoms with Gasteiger partial charge in [-0.3, -0.25) is 0 Å². The predicted molar refractivity (Wildman–Crippen MR) is 76.1 cm³/mol. The number of hydrogen-bond donors (Lipinski definition) is 2. The van der Waals surface area contributed by atoms with Crippen LogP contribution < -0.4 is 10.1 Å². The molecular weight excluding hydrogens is 313 g/mol. The van der Waals surface area contributed by atoms with Crippen LogP contribution in [0.5, 0.6) is 11.5 Å². The molecule has 0 saturated carbocycles. The summed E-state index contributed by atoms with van der Waals surface area (Å²) in [6.07, 6.45) is 0. The molecule has 0 aromatic heterocycles. The van der Waals surface area contributed by atoms with Crippen LogP contribution in [0.15, 0.2) is 40.9 Å². The molecular formula is C14H13BrFNO2. The fourth-order valence-corrected chi connectivity index (χ4v) is 2.08. The molecule has 0 aliphatic rings. The Balaban J connectivity index is 2.10. The van der Waals surface area contributed by atoms with E-state index in [1.165, 1.54) is 19.2 Å². The van der Waals surface area contributed by atoms with Gasteiger partial charge in [-0.1, -0.05) is 15.9 Å². The molecule has 0 bridgehead atoms. The van der Waals surface area contributed by atoms with Crippen molar-refractivity contribution in [2.24, 2.45) is 0 Å². The summed E-state index contributed by atoms with van der Waals surface area (Å²) in [5, 5.41) is 12.7. The summed E-state index contributed by atoms with van der Waals surface area (Å²) < 4.78 is 19.3. The topological polar surface area (TPSA) is 41.5 Å². The lowest BCUT2D eigenvalue weighted by Crippen LogP contribution is -2.01. The second kappa shape index (κ2) is 5.93. The molecule has 2 N–H and O–H groups in total. The van der Waals surface area contributed by atoms with Gasteiger partial charge in [0.1, 0.15) is 5.82 Å². The molecule has 0 radical (unpaired) electrons. The Hall–Kier alpha value is -1.75. The Morgan fingerprint density at radius 1 is 1.26 bits per heavy atom. The van der Waals surface area contributed by atoms with Gasteiger partial charge in [0.05, 0.1) is 7.11 Å². The van der Waals surface area contributed by atoms with Crippen molar-refractivity contribution < 1.29 is 14.2 Å². The molecule has 0 spiro atoms. The fraction of sp³-hybridized carbons (Fsp3) is 0.143. The zero-order valence-electron chi connectivity index (χ0n) is 10.3. The number of ether oxygens (including phenoxy) is 1. The van der Waals surface area contributed by atoms with Crippen LogP contribution in [-0.4, -0.2) is 12.2 Å². The number of aromatic hydroxyl groups is 1. The molecule has 2 aromatic carbocycles. The van der Waals surface area contributed by atoms with E-state index in [4.69, 9.17) is 4.74 Å². The molecule has 3 nitrogen and oxygen atoms in total. The number of phenols is 1. The number of nitrogens with one attached hydrogen (secondary N) is 1. The van der Waals surface area contributed by atoms with Crippen LogP contribution in [0.1, 0.15) is 5.56 Å². The standard InChI is InChI=1S/C14H13BrFNO2/c1-19-14-5-3-11(7-13(14)18)17-8-9-6-10(15)2-4-12(9)16/h2-7,17-18H,8H2,1H3. The third-order valence-corrected chi connectivity index (χ3v) is 3.16. The van der Waals surface area contributed by atoms with Gasteiger partial charge in [-0.25, -0.2) is 4.39 Å². The Bertz CT molecular complexity index is 590. The Kier molecular flexibility index (Phi) is 4.27. The second-order valence-electron chi connectivity index (χ2n) is 3.98. The lowest BCUT2D eigenvalue weighted by Gasteiger charge is -2.10. The highest BCUT2D eigenvalue weighted by molar-refractivity contribution is 9.10. The van der Waals surface area contributed by atoms with Crippen LogP contribution in [-0.2, 0) is 6.54 Å². The summed E-state index contributed by atoms with van der Waals surface area (Å²) in [7, 11) is 1.49. The van der Waals surface area contributed by atoms with Crippen molar-refractivity contribution in [1.29, 1.82) is 0 Å². The quantitative estimate of drug-likeness (QED) is 0.895. The third-order valence-electron chi connectivity index (χ3n) is 2.67. The number of rotatable bonds is 4. The third kappa shape index (κ3) is 3.38. The minimum Gasteiger partial charge on any atom is -0.504 e. The first-order valence-electron chi connectivity index (χ1n) is 5.65. The van der Waals surface area contributed by atoms with Gasteiger partial charge in [0.25, 0.3) is 0 Å². The maximum absolute atomic E-state index is 13.5. The van der Waals surface area contributed by atoms with E-state index in [0.29, 0.717) is 23.5 Å². The van der Waals surface area contributed by atoms with E-state index >= 15 is 0 Å². The van der Waals surface area contributed by atoms with Gasteiger partial charge in [0, 0.05) is 28.3 Å². The minimum atomic E-state index is -0.270.